The number of thiol groups is 1. The van der Waals surface area contributed by atoms with E-state index in [2.05, 4.69) is 38.6 Å². The van der Waals surface area contributed by atoms with Crippen molar-refractivity contribution in [3.05, 3.63) is 23.5 Å². The van der Waals surface area contributed by atoms with E-state index in [-0.39, 0.29) is 0 Å². The molecule has 0 heterocycles. The van der Waals surface area contributed by atoms with Gasteiger partial charge in [0.2, 0.25) is 0 Å². The van der Waals surface area contributed by atoms with Gasteiger partial charge in [0.25, 0.3) is 0 Å². The molecule has 0 aromatic heterocycles. The quantitative estimate of drug-likeness (QED) is 0.704. The predicted molar refractivity (Wildman–Crippen MR) is 62.5 cm³/mol. The van der Waals surface area contributed by atoms with Gasteiger partial charge in [-0.25, -0.2) is 0 Å². The topological polar surface area (TPSA) is 9.23 Å². The van der Waals surface area contributed by atoms with Gasteiger partial charge in [0.15, 0.2) is 0 Å². The van der Waals surface area contributed by atoms with Gasteiger partial charge in [0.1, 0.15) is 5.76 Å². The predicted octanol–water partition coefficient (Wildman–Crippen LogP) is 3.19. The third kappa shape index (κ3) is 2.35. The fraction of sp³-hybridized carbons (Fsp3) is 0.667. The Balaban J connectivity index is 1.95. The van der Waals surface area contributed by atoms with E-state index in [1.54, 1.807) is 0 Å². The van der Waals surface area contributed by atoms with Gasteiger partial charge in [-0.2, -0.15) is 12.6 Å². The molecule has 1 saturated carbocycles. The van der Waals surface area contributed by atoms with Crippen LogP contribution in [-0.2, 0) is 4.74 Å². The first-order chi connectivity index (χ1) is 6.66. The van der Waals surface area contributed by atoms with E-state index in [0.29, 0.717) is 11.2 Å². The Bertz CT molecular complexity index is 276. The molecule has 2 rings (SSSR count). The summed E-state index contributed by atoms with van der Waals surface area (Å²) in [6.07, 6.45) is 7.08. The second-order valence-corrected chi connectivity index (χ2v) is 5.08. The highest BCUT2D eigenvalue weighted by Gasteiger charge is 2.24. The molecule has 0 N–H and O–H groups in total. The Hall–Kier alpha value is -0.370. The molecular weight excluding hydrogens is 192 g/mol. The minimum atomic E-state index is 0.313. The summed E-state index contributed by atoms with van der Waals surface area (Å²) in [6.45, 7) is 5.20. The molecule has 14 heavy (non-hydrogen) atoms. The van der Waals surface area contributed by atoms with Crippen LogP contribution in [0.4, 0.5) is 0 Å². The molecule has 0 aliphatic heterocycles. The van der Waals surface area contributed by atoms with E-state index >= 15 is 0 Å². The van der Waals surface area contributed by atoms with Crippen LogP contribution < -0.4 is 0 Å². The highest BCUT2D eigenvalue weighted by Crippen LogP contribution is 2.32. The zero-order valence-electron chi connectivity index (χ0n) is 8.86. The summed E-state index contributed by atoms with van der Waals surface area (Å²) in [5.41, 5.74) is 1.27. The van der Waals surface area contributed by atoms with E-state index in [9.17, 15) is 0 Å². The maximum absolute atomic E-state index is 5.78. The number of hydrogen-bond acceptors (Lipinski definition) is 2. The molecule has 0 aromatic rings. The van der Waals surface area contributed by atoms with Crippen LogP contribution in [0.15, 0.2) is 23.5 Å². The van der Waals surface area contributed by atoms with Crippen molar-refractivity contribution in [2.45, 2.75) is 31.9 Å². The van der Waals surface area contributed by atoms with Gasteiger partial charge in [0, 0.05) is 5.25 Å². The lowest BCUT2D eigenvalue weighted by Crippen LogP contribution is -2.14. The van der Waals surface area contributed by atoms with E-state index in [0.717, 1.165) is 18.3 Å². The van der Waals surface area contributed by atoms with Crippen LogP contribution in [0.5, 0.6) is 0 Å². The normalized spacial score (nSPS) is 32.2. The van der Waals surface area contributed by atoms with E-state index in [1.165, 1.54) is 18.4 Å². The molecule has 78 valence electrons. The lowest BCUT2D eigenvalue weighted by molar-refractivity contribution is 0.203. The Morgan fingerprint density at radius 3 is 2.79 bits per heavy atom. The number of rotatable bonds is 3. The van der Waals surface area contributed by atoms with Crippen molar-refractivity contribution in [3.63, 3.8) is 0 Å². The van der Waals surface area contributed by atoms with Gasteiger partial charge < -0.3 is 4.74 Å². The molecule has 0 amide bonds. The fourth-order valence-electron chi connectivity index (χ4n) is 1.67. The van der Waals surface area contributed by atoms with Gasteiger partial charge in [-0.15, -0.1) is 0 Å². The SMILES string of the molecule is CC1=CC(C)C(S)C=C1OCC1CC1. The average molecular weight is 210 g/mol. The lowest BCUT2D eigenvalue weighted by atomic mass is 9.97. The Morgan fingerprint density at radius 2 is 2.14 bits per heavy atom. The minimum Gasteiger partial charge on any atom is -0.493 e. The summed E-state index contributed by atoms with van der Waals surface area (Å²) in [6, 6.07) is 0. The van der Waals surface area contributed by atoms with Crippen molar-refractivity contribution in [2.24, 2.45) is 11.8 Å². The molecule has 0 spiro atoms. The Labute approximate surface area is 91.6 Å². The van der Waals surface area contributed by atoms with Gasteiger partial charge >= 0.3 is 0 Å². The molecule has 2 aliphatic carbocycles. The van der Waals surface area contributed by atoms with Crippen LogP contribution in [-0.4, -0.2) is 11.9 Å². The molecule has 0 saturated heterocycles. The minimum absolute atomic E-state index is 0.313. The van der Waals surface area contributed by atoms with Gasteiger partial charge in [-0.3, -0.25) is 0 Å². The van der Waals surface area contributed by atoms with Crippen LogP contribution in [0.3, 0.4) is 0 Å². The Morgan fingerprint density at radius 1 is 1.43 bits per heavy atom. The molecule has 1 fully saturated rings. The summed E-state index contributed by atoms with van der Waals surface area (Å²) in [4.78, 5) is 0. The first-order valence-corrected chi connectivity index (χ1v) is 5.90. The van der Waals surface area contributed by atoms with E-state index in [4.69, 9.17) is 4.74 Å². The van der Waals surface area contributed by atoms with Gasteiger partial charge in [-0.1, -0.05) is 13.0 Å². The molecule has 0 aromatic carbocycles. The second-order valence-electron chi connectivity index (χ2n) is 4.48. The monoisotopic (exact) mass is 210 g/mol. The van der Waals surface area contributed by atoms with Crippen molar-refractivity contribution < 1.29 is 4.74 Å². The average Bonchev–Trinajstić information content (AvgIpc) is 2.92. The van der Waals surface area contributed by atoms with Crippen LogP contribution >= 0.6 is 12.6 Å². The first-order valence-electron chi connectivity index (χ1n) is 5.38. The molecule has 0 bridgehead atoms. The molecular formula is C12H18OS. The maximum atomic E-state index is 5.78. The third-order valence-corrected chi connectivity index (χ3v) is 3.55. The number of ether oxygens (including phenoxy) is 1. The first kappa shape index (κ1) is 10.2. The summed E-state index contributed by atoms with van der Waals surface area (Å²) < 4.78 is 5.78. The zero-order valence-corrected chi connectivity index (χ0v) is 9.76. The lowest BCUT2D eigenvalue weighted by Gasteiger charge is -2.22. The largest absolute Gasteiger partial charge is 0.493 e. The molecule has 2 aliphatic rings. The van der Waals surface area contributed by atoms with Crippen LogP contribution in [0.2, 0.25) is 0 Å². The van der Waals surface area contributed by atoms with Crippen molar-refractivity contribution in [1.82, 2.24) is 0 Å². The second kappa shape index (κ2) is 4.01. The highest BCUT2D eigenvalue weighted by molar-refractivity contribution is 7.81. The standard InChI is InChI=1S/C12H18OS/c1-8-5-9(2)12(14)6-11(8)13-7-10-3-4-10/h5-6,9-10,12,14H,3-4,7H2,1-2H3. The zero-order chi connectivity index (χ0) is 10.1. The third-order valence-electron chi connectivity index (χ3n) is 2.93. The fourth-order valence-corrected chi connectivity index (χ4v) is 1.89. The maximum Gasteiger partial charge on any atom is 0.119 e. The van der Waals surface area contributed by atoms with Crippen molar-refractivity contribution in [2.75, 3.05) is 6.61 Å². The van der Waals surface area contributed by atoms with Crippen molar-refractivity contribution >= 4 is 12.6 Å². The van der Waals surface area contributed by atoms with Crippen molar-refractivity contribution in [3.8, 4) is 0 Å². The smallest absolute Gasteiger partial charge is 0.119 e. The molecule has 2 unspecified atom stereocenters. The van der Waals surface area contributed by atoms with Crippen LogP contribution in [0, 0.1) is 11.8 Å². The van der Waals surface area contributed by atoms with Crippen LogP contribution in [0.25, 0.3) is 0 Å². The molecule has 2 heteroatoms. The van der Waals surface area contributed by atoms with Crippen molar-refractivity contribution in [1.29, 1.82) is 0 Å². The highest BCUT2D eigenvalue weighted by atomic mass is 32.1. The number of hydrogen-bond donors (Lipinski definition) is 1. The van der Waals surface area contributed by atoms with Crippen LogP contribution in [0.1, 0.15) is 26.7 Å². The summed E-state index contributed by atoms with van der Waals surface area (Å²) in [5, 5.41) is 0.313. The summed E-state index contributed by atoms with van der Waals surface area (Å²) >= 11 is 4.52. The van der Waals surface area contributed by atoms with E-state index in [1.807, 2.05) is 0 Å². The summed E-state index contributed by atoms with van der Waals surface area (Å²) in [5.74, 6) is 2.39. The van der Waals surface area contributed by atoms with Gasteiger partial charge in [0.05, 0.1) is 6.61 Å². The number of allylic oxidation sites excluding steroid dienone is 2. The summed E-state index contributed by atoms with van der Waals surface area (Å²) in [7, 11) is 0. The van der Waals surface area contributed by atoms with E-state index < -0.39 is 0 Å². The molecule has 2 atom stereocenters. The van der Waals surface area contributed by atoms with Gasteiger partial charge in [-0.05, 0) is 43.3 Å². The Kier molecular flexibility index (Phi) is 2.91. The molecule has 0 radical (unpaired) electrons. The molecule has 1 nitrogen and oxygen atoms in total.